The van der Waals surface area contributed by atoms with Gasteiger partial charge in [0.2, 0.25) is 0 Å². The third kappa shape index (κ3) is 4.79. The van der Waals surface area contributed by atoms with Gasteiger partial charge in [0.15, 0.2) is 0 Å². The number of amides is 2. The van der Waals surface area contributed by atoms with E-state index in [0.29, 0.717) is 6.54 Å². The Morgan fingerprint density at radius 3 is 2.81 bits per heavy atom. The Hall–Kier alpha value is -1.55. The number of aryl methyl sites for hydroxylation is 1. The van der Waals surface area contributed by atoms with Gasteiger partial charge in [-0.2, -0.15) is 0 Å². The van der Waals surface area contributed by atoms with Crippen LogP contribution in [-0.4, -0.2) is 25.7 Å². The maximum atomic E-state index is 11.4. The minimum atomic E-state index is -0.163. The number of likely N-dealkylation sites (N-methyl/N-ethyl adjacent to an activating group) is 1. The van der Waals surface area contributed by atoms with E-state index in [4.69, 9.17) is 0 Å². The Morgan fingerprint density at radius 2 is 2.12 bits per heavy atom. The van der Waals surface area contributed by atoms with Gasteiger partial charge < -0.3 is 16.0 Å². The maximum absolute atomic E-state index is 11.4. The summed E-state index contributed by atoms with van der Waals surface area (Å²) in [6, 6.07) is 7.56. The van der Waals surface area contributed by atoms with Crippen molar-refractivity contribution in [3.05, 3.63) is 29.8 Å². The number of carbonyl (C=O) groups excluding carboxylic acids is 1. The van der Waals surface area contributed by atoms with Crippen LogP contribution in [0.15, 0.2) is 24.3 Å². The number of anilines is 1. The van der Waals surface area contributed by atoms with Crippen LogP contribution in [0.3, 0.4) is 0 Å². The van der Waals surface area contributed by atoms with Crippen molar-refractivity contribution in [2.75, 3.05) is 25.0 Å². The van der Waals surface area contributed by atoms with Gasteiger partial charge in [-0.1, -0.05) is 19.1 Å². The molecule has 16 heavy (non-hydrogen) atoms. The summed E-state index contributed by atoms with van der Waals surface area (Å²) in [5, 5.41) is 8.69. The van der Waals surface area contributed by atoms with Gasteiger partial charge in [0, 0.05) is 18.8 Å². The lowest BCUT2D eigenvalue weighted by Gasteiger charge is -2.08. The lowest BCUT2D eigenvalue weighted by molar-refractivity contribution is 0.252. The number of benzene rings is 1. The minimum absolute atomic E-state index is 0.163. The molecule has 0 fully saturated rings. The van der Waals surface area contributed by atoms with Gasteiger partial charge in [0.25, 0.3) is 0 Å². The molecule has 0 radical (unpaired) electrons. The maximum Gasteiger partial charge on any atom is 0.319 e. The molecule has 0 bridgehead atoms. The highest BCUT2D eigenvalue weighted by molar-refractivity contribution is 5.89. The number of nitrogens with one attached hydrogen (secondary N) is 3. The second-order valence-corrected chi connectivity index (χ2v) is 3.60. The molecule has 0 saturated heterocycles. The Labute approximate surface area is 96.4 Å². The smallest absolute Gasteiger partial charge is 0.319 e. The minimum Gasteiger partial charge on any atom is -0.337 e. The Morgan fingerprint density at radius 1 is 1.31 bits per heavy atom. The topological polar surface area (TPSA) is 53.2 Å². The second kappa shape index (κ2) is 6.85. The second-order valence-electron chi connectivity index (χ2n) is 3.60. The Balaban J connectivity index is 2.29. The van der Waals surface area contributed by atoms with Crippen LogP contribution in [0.1, 0.15) is 12.5 Å². The highest BCUT2D eigenvalue weighted by Gasteiger charge is 1.99. The van der Waals surface area contributed by atoms with Crippen LogP contribution in [0.25, 0.3) is 0 Å². The van der Waals surface area contributed by atoms with Crippen molar-refractivity contribution in [3.8, 4) is 0 Å². The fourth-order valence-electron chi connectivity index (χ4n) is 1.34. The summed E-state index contributed by atoms with van der Waals surface area (Å²) in [7, 11) is 0. The molecule has 0 aromatic heterocycles. The number of hydrogen-bond acceptors (Lipinski definition) is 2. The number of urea groups is 1. The zero-order valence-electron chi connectivity index (χ0n) is 9.84. The van der Waals surface area contributed by atoms with Crippen molar-refractivity contribution in [3.63, 3.8) is 0 Å². The molecule has 0 aliphatic rings. The Kier molecular flexibility index (Phi) is 5.36. The summed E-state index contributed by atoms with van der Waals surface area (Å²) in [6.45, 7) is 6.37. The molecule has 2 amide bonds. The summed E-state index contributed by atoms with van der Waals surface area (Å²) in [5.74, 6) is 0. The summed E-state index contributed by atoms with van der Waals surface area (Å²) in [6.07, 6.45) is 0. The zero-order valence-corrected chi connectivity index (χ0v) is 9.84. The van der Waals surface area contributed by atoms with Crippen molar-refractivity contribution in [1.29, 1.82) is 0 Å². The van der Waals surface area contributed by atoms with Gasteiger partial charge in [0.1, 0.15) is 0 Å². The van der Waals surface area contributed by atoms with E-state index in [-0.39, 0.29) is 6.03 Å². The van der Waals surface area contributed by atoms with E-state index in [9.17, 15) is 4.79 Å². The number of hydrogen-bond donors (Lipinski definition) is 3. The monoisotopic (exact) mass is 221 g/mol. The average molecular weight is 221 g/mol. The van der Waals surface area contributed by atoms with E-state index in [1.54, 1.807) is 0 Å². The summed E-state index contributed by atoms with van der Waals surface area (Å²) in [5.41, 5.74) is 1.95. The van der Waals surface area contributed by atoms with Crippen molar-refractivity contribution in [2.24, 2.45) is 0 Å². The first-order valence-corrected chi connectivity index (χ1v) is 5.54. The molecule has 0 saturated carbocycles. The summed E-state index contributed by atoms with van der Waals surface area (Å²) >= 11 is 0. The molecule has 0 aliphatic heterocycles. The van der Waals surface area contributed by atoms with Gasteiger partial charge in [-0.3, -0.25) is 0 Å². The lowest BCUT2D eigenvalue weighted by atomic mass is 10.2. The predicted octanol–water partition coefficient (Wildman–Crippen LogP) is 1.73. The fourth-order valence-corrected chi connectivity index (χ4v) is 1.34. The quantitative estimate of drug-likeness (QED) is 0.663. The third-order valence-corrected chi connectivity index (χ3v) is 2.11. The van der Waals surface area contributed by atoms with E-state index in [1.807, 2.05) is 38.1 Å². The molecule has 88 valence electrons. The van der Waals surface area contributed by atoms with Crippen LogP contribution in [0.2, 0.25) is 0 Å². The average Bonchev–Trinajstić information content (AvgIpc) is 2.24. The van der Waals surface area contributed by atoms with E-state index < -0.39 is 0 Å². The SMILES string of the molecule is CCNCCNC(=O)Nc1cccc(C)c1. The molecule has 3 N–H and O–H groups in total. The van der Waals surface area contributed by atoms with E-state index in [2.05, 4.69) is 16.0 Å². The van der Waals surface area contributed by atoms with Crippen LogP contribution in [0, 0.1) is 6.92 Å². The fraction of sp³-hybridized carbons (Fsp3) is 0.417. The van der Waals surface area contributed by atoms with Crippen LogP contribution >= 0.6 is 0 Å². The highest BCUT2D eigenvalue weighted by Crippen LogP contribution is 2.08. The zero-order chi connectivity index (χ0) is 11.8. The van der Waals surface area contributed by atoms with Crippen molar-refractivity contribution >= 4 is 11.7 Å². The number of rotatable bonds is 5. The van der Waals surface area contributed by atoms with Crippen LogP contribution in [0.5, 0.6) is 0 Å². The van der Waals surface area contributed by atoms with Crippen LogP contribution in [0.4, 0.5) is 10.5 Å². The molecule has 4 nitrogen and oxygen atoms in total. The molecule has 1 rings (SSSR count). The molecule has 0 heterocycles. The predicted molar refractivity (Wildman–Crippen MR) is 66.7 cm³/mol. The molecular formula is C12H19N3O. The van der Waals surface area contributed by atoms with Crippen LogP contribution in [-0.2, 0) is 0 Å². The molecule has 0 aliphatic carbocycles. The van der Waals surface area contributed by atoms with Gasteiger partial charge in [-0.05, 0) is 31.2 Å². The number of carbonyl (C=O) groups is 1. The standard InChI is InChI=1S/C12H19N3O/c1-3-13-7-8-14-12(16)15-11-6-4-5-10(2)9-11/h4-6,9,13H,3,7-8H2,1-2H3,(H2,14,15,16). The molecule has 1 aromatic carbocycles. The molecule has 4 heteroatoms. The van der Waals surface area contributed by atoms with E-state index in [0.717, 1.165) is 24.3 Å². The highest BCUT2D eigenvalue weighted by atomic mass is 16.2. The van der Waals surface area contributed by atoms with Crippen molar-refractivity contribution < 1.29 is 4.79 Å². The Bertz CT molecular complexity index is 339. The van der Waals surface area contributed by atoms with Crippen molar-refractivity contribution in [2.45, 2.75) is 13.8 Å². The molecule has 0 atom stereocenters. The first-order chi connectivity index (χ1) is 7.72. The molecule has 0 unspecified atom stereocenters. The summed E-state index contributed by atoms with van der Waals surface area (Å²) in [4.78, 5) is 11.4. The van der Waals surface area contributed by atoms with Gasteiger partial charge >= 0.3 is 6.03 Å². The first-order valence-electron chi connectivity index (χ1n) is 5.54. The largest absolute Gasteiger partial charge is 0.337 e. The van der Waals surface area contributed by atoms with Gasteiger partial charge in [0.05, 0.1) is 0 Å². The first kappa shape index (κ1) is 12.5. The van der Waals surface area contributed by atoms with Gasteiger partial charge in [-0.15, -0.1) is 0 Å². The molecule has 0 spiro atoms. The normalized spacial score (nSPS) is 9.88. The summed E-state index contributed by atoms with van der Waals surface area (Å²) < 4.78 is 0. The third-order valence-electron chi connectivity index (χ3n) is 2.11. The van der Waals surface area contributed by atoms with E-state index in [1.165, 1.54) is 0 Å². The van der Waals surface area contributed by atoms with Crippen molar-refractivity contribution in [1.82, 2.24) is 10.6 Å². The molecular weight excluding hydrogens is 202 g/mol. The van der Waals surface area contributed by atoms with E-state index >= 15 is 0 Å². The molecule has 1 aromatic rings. The van der Waals surface area contributed by atoms with Gasteiger partial charge in [-0.25, -0.2) is 4.79 Å². The van der Waals surface area contributed by atoms with Crippen LogP contribution < -0.4 is 16.0 Å². The lowest BCUT2D eigenvalue weighted by Crippen LogP contribution is -2.34.